The molecule has 3 saturated heterocycles. The van der Waals surface area contributed by atoms with Crippen molar-refractivity contribution in [1.82, 2.24) is 0 Å². The quantitative estimate of drug-likeness (QED) is 0.429. The van der Waals surface area contributed by atoms with Gasteiger partial charge in [0.15, 0.2) is 23.8 Å². The Hall–Kier alpha value is -2.27. The van der Waals surface area contributed by atoms with Crippen LogP contribution in [0.15, 0.2) is 23.0 Å². The second kappa shape index (κ2) is 7.32. The Bertz CT molecular complexity index is 1280. The van der Waals surface area contributed by atoms with E-state index in [1.165, 1.54) is 19.6 Å². The van der Waals surface area contributed by atoms with E-state index in [4.69, 9.17) is 23.4 Å². The molecule has 4 heterocycles. The molecule has 212 valence electrons. The summed E-state index contributed by atoms with van der Waals surface area (Å²) in [5.74, 6) is -2.57. The number of carbonyl (C=O) groups is 3. The minimum absolute atomic E-state index is 0.0308. The molecule has 12 atom stereocenters. The Morgan fingerprint density at radius 1 is 1.18 bits per heavy atom. The molecule has 3 aliphatic heterocycles. The van der Waals surface area contributed by atoms with Crippen LogP contribution in [0.25, 0.3) is 0 Å². The fraction of sp³-hybridized carbons (Fsp3) is 0.759. The number of esters is 2. The van der Waals surface area contributed by atoms with Crippen molar-refractivity contribution in [2.24, 2.45) is 34.0 Å². The van der Waals surface area contributed by atoms with Gasteiger partial charge in [0, 0.05) is 34.5 Å². The van der Waals surface area contributed by atoms with Crippen molar-refractivity contribution in [3.63, 3.8) is 0 Å². The molecule has 7 fully saturated rings. The normalized spacial score (nSPS) is 54.6. The number of fused-ring (bicyclic) bond motifs is 3. The van der Waals surface area contributed by atoms with E-state index in [2.05, 4.69) is 0 Å². The fourth-order valence-corrected chi connectivity index (χ4v) is 11.0. The van der Waals surface area contributed by atoms with Crippen molar-refractivity contribution in [1.29, 1.82) is 0 Å². The number of rotatable bonds is 4. The van der Waals surface area contributed by atoms with Crippen molar-refractivity contribution >= 4 is 17.7 Å². The number of hydrogen-bond donors (Lipinski definition) is 2. The first-order valence-electron chi connectivity index (χ1n) is 13.9. The number of ether oxygens (including phenoxy) is 4. The van der Waals surface area contributed by atoms with E-state index >= 15 is 0 Å². The van der Waals surface area contributed by atoms with Gasteiger partial charge in [0.1, 0.15) is 17.5 Å². The van der Waals surface area contributed by atoms with E-state index in [0.29, 0.717) is 18.4 Å². The number of aliphatic hydroxyl groups excluding tert-OH is 1. The maximum atomic E-state index is 14.1. The van der Waals surface area contributed by atoms with Crippen LogP contribution < -0.4 is 0 Å². The van der Waals surface area contributed by atoms with E-state index in [1.54, 1.807) is 13.0 Å². The first-order chi connectivity index (χ1) is 18.3. The van der Waals surface area contributed by atoms with E-state index in [1.807, 2.05) is 20.8 Å². The summed E-state index contributed by atoms with van der Waals surface area (Å²) in [6, 6.07) is 1.61. The second-order valence-electron chi connectivity index (χ2n) is 13.5. The molecule has 39 heavy (non-hydrogen) atoms. The summed E-state index contributed by atoms with van der Waals surface area (Å²) in [6.45, 7) is 7.51. The Morgan fingerprint density at radius 2 is 1.92 bits per heavy atom. The smallest absolute Gasteiger partial charge is 0.306 e. The molecule has 12 unspecified atom stereocenters. The number of methoxy groups -OCH3 is 1. The van der Waals surface area contributed by atoms with Crippen LogP contribution in [0.4, 0.5) is 0 Å². The summed E-state index contributed by atoms with van der Waals surface area (Å²) in [4.78, 5) is 40.2. The zero-order valence-corrected chi connectivity index (χ0v) is 22.9. The molecule has 4 aliphatic carbocycles. The number of furan rings is 1. The third kappa shape index (κ3) is 2.45. The van der Waals surface area contributed by atoms with Gasteiger partial charge in [0.2, 0.25) is 0 Å². The zero-order valence-electron chi connectivity index (χ0n) is 22.9. The topological polar surface area (TPSA) is 142 Å². The highest BCUT2D eigenvalue weighted by Gasteiger charge is 2.95. The van der Waals surface area contributed by atoms with Crippen molar-refractivity contribution in [3.8, 4) is 0 Å². The molecule has 1 aromatic rings. The van der Waals surface area contributed by atoms with Crippen LogP contribution in [0.5, 0.6) is 0 Å². The molecule has 1 aromatic heterocycles. The number of ketones is 1. The van der Waals surface area contributed by atoms with Crippen molar-refractivity contribution in [2.75, 3.05) is 7.11 Å². The highest BCUT2D eigenvalue weighted by Crippen LogP contribution is 2.84. The highest BCUT2D eigenvalue weighted by atomic mass is 16.7. The maximum absolute atomic E-state index is 14.1. The number of hydrogen-bond acceptors (Lipinski definition) is 10. The lowest BCUT2D eigenvalue weighted by Gasteiger charge is -2.73. The minimum Gasteiger partial charge on any atom is -0.472 e. The molecule has 0 amide bonds. The number of Topliss-reactive ketones (excluding diaryl/α,β-unsaturated/α-hetero) is 1. The van der Waals surface area contributed by atoms with E-state index < -0.39 is 75.3 Å². The van der Waals surface area contributed by atoms with Gasteiger partial charge >= 0.3 is 11.9 Å². The zero-order chi connectivity index (χ0) is 28.0. The van der Waals surface area contributed by atoms with Crippen LogP contribution in [-0.4, -0.2) is 70.3 Å². The SMILES string of the molecule is COC(=O)CC1C2(C)CC34OC(C)OC56C(CC(=O)OC5C3(O)C2O)C(C)(C(=O)c2ccoc2)CCC6C14C. The lowest BCUT2D eigenvalue weighted by atomic mass is 9.35. The summed E-state index contributed by atoms with van der Waals surface area (Å²) < 4.78 is 29.9. The Morgan fingerprint density at radius 3 is 2.59 bits per heavy atom. The molecular weight excluding hydrogens is 508 g/mol. The predicted octanol–water partition coefficient (Wildman–Crippen LogP) is 2.40. The van der Waals surface area contributed by atoms with Crippen LogP contribution >= 0.6 is 0 Å². The van der Waals surface area contributed by atoms with Crippen LogP contribution in [0.2, 0.25) is 0 Å². The van der Waals surface area contributed by atoms with Crippen LogP contribution in [0, 0.1) is 34.0 Å². The summed E-state index contributed by atoms with van der Waals surface area (Å²) in [5.41, 5.74) is -7.16. The van der Waals surface area contributed by atoms with Gasteiger partial charge in [0.25, 0.3) is 0 Å². The van der Waals surface area contributed by atoms with Gasteiger partial charge in [-0.25, -0.2) is 0 Å². The maximum Gasteiger partial charge on any atom is 0.306 e. The first-order valence-corrected chi connectivity index (χ1v) is 13.9. The van der Waals surface area contributed by atoms with E-state index in [9.17, 15) is 24.6 Å². The fourth-order valence-electron chi connectivity index (χ4n) is 11.0. The Balaban J connectivity index is 1.50. The summed E-state index contributed by atoms with van der Waals surface area (Å²) in [5, 5.41) is 24.8. The lowest BCUT2D eigenvalue weighted by Crippen LogP contribution is -2.88. The summed E-state index contributed by atoms with van der Waals surface area (Å²) in [6.07, 6.45) is 0.553. The van der Waals surface area contributed by atoms with Gasteiger partial charge in [-0.15, -0.1) is 0 Å². The predicted molar refractivity (Wildman–Crippen MR) is 131 cm³/mol. The minimum atomic E-state index is -2.02. The van der Waals surface area contributed by atoms with Gasteiger partial charge in [-0.1, -0.05) is 20.8 Å². The average molecular weight is 545 g/mol. The second-order valence-corrected chi connectivity index (χ2v) is 13.5. The molecule has 8 rings (SSSR count). The highest BCUT2D eigenvalue weighted by molar-refractivity contribution is 6.00. The van der Waals surface area contributed by atoms with Crippen molar-refractivity contribution in [2.45, 2.75) is 95.1 Å². The Labute approximate surface area is 226 Å². The van der Waals surface area contributed by atoms with Gasteiger partial charge < -0.3 is 33.6 Å². The molecule has 3 bridgehead atoms. The van der Waals surface area contributed by atoms with Gasteiger partial charge in [-0.05, 0) is 38.2 Å². The summed E-state index contributed by atoms with van der Waals surface area (Å²) >= 11 is 0. The monoisotopic (exact) mass is 544 g/mol. The molecule has 10 nitrogen and oxygen atoms in total. The van der Waals surface area contributed by atoms with Crippen molar-refractivity contribution in [3.05, 3.63) is 24.2 Å². The first kappa shape index (κ1) is 25.7. The van der Waals surface area contributed by atoms with E-state index in [-0.39, 0.29) is 31.0 Å². The molecule has 2 spiro atoms. The summed E-state index contributed by atoms with van der Waals surface area (Å²) in [7, 11) is 1.34. The lowest BCUT2D eigenvalue weighted by molar-refractivity contribution is -0.374. The van der Waals surface area contributed by atoms with Gasteiger partial charge in [-0.2, -0.15) is 0 Å². The molecule has 2 N–H and O–H groups in total. The van der Waals surface area contributed by atoms with Gasteiger partial charge in [-0.3, -0.25) is 14.4 Å². The van der Waals surface area contributed by atoms with E-state index in [0.717, 1.165) is 0 Å². The molecule has 0 radical (unpaired) electrons. The number of carbonyl (C=O) groups excluding carboxylic acids is 3. The van der Waals surface area contributed by atoms with Crippen LogP contribution in [0.3, 0.4) is 0 Å². The molecular formula is C29H36O10. The third-order valence-corrected chi connectivity index (χ3v) is 12.3. The van der Waals surface area contributed by atoms with Crippen molar-refractivity contribution < 1.29 is 48.0 Å². The molecule has 0 aromatic carbocycles. The van der Waals surface area contributed by atoms with Crippen LogP contribution in [0.1, 0.15) is 70.2 Å². The average Bonchev–Trinajstić information content (AvgIpc) is 3.50. The van der Waals surface area contributed by atoms with Crippen LogP contribution in [-0.2, 0) is 28.5 Å². The van der Waals surface area contributed by atoms with Gasteiger partial charge in [0.05, 0.1) is 31.5 Å². The molecule has 4 saturated carbocycles. The standard InChI is InChI=1S/C29H36O10/c1-14-38-27-13-25(3)17(10-19(30)35-5)26(27,4)16-6-8-24(2,21(32)15-7-9-36-12-15)18-11-20(31)37-23(28(16,18)39-14)29(27,34)22(25)33/h7,9,12,14,16-18,22-23,33-34H,6,8,10-11,13H2,1-5H3. The molecule has 10 heteroatoms. The Kier molecular flexibility index (Phi) is 4.82. The third-order valence-electron chi connectivity index (χ3n) is 12.3. The number of aliphatic hydroxyl groups is 2. The largest absolute Gasteiger partial charge is 0.472 e. The molecule has 7 aliphatic rings.